The van der Waals surface area contributed by atoms with Crippen molar-refractivity contribution >= 4 is 17.8 Å². The van der Waals surface area contributed by atoms with Gasteiger partial charge in [-0.05, 0) is 38.0 Å². The summed E-state index contributed by atoms with van der Waals surface area (Å²) in [4.78, 5) is 45.7. The number of ether oxygens (including phenoxy) is 2. The second-order valence-electron chi connectivity index (χ2n) is 11.9. The summed E-state index contributed by atoms with van der Waals surface area (Å²) in [5.74, 6) is -2.81. The highest BCUT2D eigenvalue weighted by Gasteiger charge is 2.81. The van der Waals surface area contributed by atoms with Gasteiger partial charge in [0.15, 0.2) is 0 Å². The molecule has 1 spiro atoms. The SMILES string of the molecule is C=CCOC(=O)[C@H]1[C@H]2C(=O)N([C@@H](CO)C(C)C)C(C(=O)N(CC=C)C3CCCCC3)C23CC(C)[C@]1(C)O3. The molecule has 3 unspecified atom stereocenters. The predicted molar refractivity (Wildman–Crippen MR) is 139 cm³/mol. The molecule has 1 N–H and O–H groups in total. The van der Waals surface area contributed by atoms with Crippen molar-refractivity contribution in [3.8, 4) is 0 Å². The van der Waals surface area contributed by atoms with Gasteiger partial charge in [0.2, 0.25) is 11.8 Å². The molecule has 4 rings (SSSR count). The van der Waals surface area contributed by atoms with Gasteiger partial charge in [0.1, 0.15) is 24.2 Å². The lowest BCUT2D eigenvalue weighted by atomic mass is 9.62. The lowest BCUT2D eigenvalue weighted by Gasteiger charge is -2.43. The molecule has 3 saturated heterocycles. The number of nitrogens with zero attached hydrogens (tertiary/aromatic N) is 2. The number of aliphatic hydroxyl groups is 1. The fourth-order valence-electron chi connectivity index (χ4n) is 7.63. The van der Waals surface area contributed by atoms with Crippen LogP contribution in [0.3, 0.4) is 0 Å². The summed E-state index contributed by atoms with van der Waals surface area (Å²) in [6.07, 6.45) is 8.82. The lowest BCUT2D eigenvalue weighted by molar-refractivity contribution is -0.164. The molecule has 8 nitrogen and oxygen atoms in total. The Labute approximate surface area is 221 Å². The Balaban J connectivity index is 1.83. The summed E-state index contributed by atoms with van der Waals surface area (Å²) >= 11 is 0. The summed E-state index contributed by atoms with van der Waals surface area (Å²) in [5.41, 5.74) is -2.08. The molecule has 1 aliphatic carbocycles. The van der Waals surface area contributed by atoms with Crippen molar-refractivity contribution in [2.45, 2.75) is 95.5 Å². The van der Waals surface area contributed by atoms with E-state index in [0.717, 1.165) is 32.1 Å². The molecule has 3 aliphatic heterocycles. The van der Waals surface area contributed by atoms with Crippen LogP contribution in [0.4, 0.5) is 0 Å². The molecule has 4 aliphatic rings. The zero-order valence-corrected chi connectivity index (χ0v) is 22.9. The van der Waals surface area contributed by atoms with E-state index in [1.165, 1.54) is 6.08 Å². The average molecular weight is 517 g/mol. The monoisotopic (exact) mass is 516 g/mol. The summed E-state index contributed by atoms with van der Waals surface area (Å²) in [6.45, 7) is 15.4. The van der Waals surface area contributed by atoms with Gasteiger partial charge in [-0.1, -0.05) is 58.8 Å². The zero-order valence-electron chi connectivity index (χ0n) is 22.9. The smallest absolute Gasteiger partial charge is 0.313 e. The van der Waals surface area contributed by atoms with Crippen molar-refractivity contribution in [3.05, 3.63) is 25.3 Å². The molecule has 37 heavy (non-hydrogen) atoms. The first-order valence-corrected chi connectivity index (χ1v) is 13.9. The van der Waals surface area contributed by atoms with Gasteiger partial charge in [-0.25, -0.2) is 0 Å². The second kappa shape index (κ2) is 10.5. The molecule has 1 saturated carbocycles. The van der Waals surface area contributed by atoms with Crippen molar-refractivity contribution in [2.75, 3.05) is 19.8 Å². The van der Waals surface area contributed by atoms with Crippen molar-refractivity contribution in [1.82, 2.24) is 9.80 Å². The van der Waals surface area contributed by atoms with Crippen LogP contribution in [0.5, 0.6) is 0 Å². The summed E-state index contributed by atoms with van der Waals surface area (Å²) < 4.78 is 12.3. The van der Waals surface area contributed by atoms with Gasteiger partial charge in [0, 0.05) is 12.6 Å². The van der Waals surface area contributed by atoms with E-state index < -0.39 is 41.1 Å². The van der Waals surface area contributed by atoms with Gasteiger partial charge in [-0.2, -0.15) is 0 Å². The topological polar surface area (TPSA) is 96.4 Å². The fourth-order valence-corrected chi connectivity index (χ4v) is 7.63. The number of carbonyl (C=O) groups excluding carboxylic acids is 3. The molecule has 3 heterocycles. The molecule has 0 aromatic heterocycles. The Kier molecular flexibility index (Phi) is 7.92. The maximum atomic E-state index is 14.6. The Hall–Kier alpha value is -2.19. The third kappa shape index (κ3) is 4.24. The third-order valence-corrected chi connectivity index (χ3v) is 9.52. The van der Waals surface area contributed by atoms with E-state index in [1.54, 1.807) is 11.0 Å². The molecule has 8 heteroatoms. The summed E-state index contributed by atoms with van der Waals surface area (Å²) in [6, 6.07) is -1.43. The number of likely N-dealkylation sites (tertiary alicyclic amines) is 1. The van der Waals surface area contributed by atoms with Crippen LogP contribution in [0.2, 0.25) is 0 Å². The average Bonchev–Trinajstić information content (AvgIpc) is 3.38. The number of amides is 2. The first-order chi connectivity index (χ1) is 17.6. The quantitative estimate of drug-likeness (QED) is 0.354. The molecule has 7 atom stereocenters. The molecular weight excluding hydrogens is 472 g/mol. The maximum Gasteiger partial charge on any atom is 0.313 e. The fraction of sp³-hybridized carbons (Fsp3) is 0.759. The van der Waals surface area contributed by atoms with E-state index in [2.05, 4.69) is 13.2 Å². The van der Waals surface area contributed by atoms with Crippen molar-refractivity contribution in [2.24, 2.45) is 23.7 Å². The van der Waals surface area contributed by atoms with Crippen molar-refractivity contribution < 1.29 is 29.0 Å². The number of fused-ring (bicyclic) bond motifs is 1. The molecular formula is C29H44N2O6. The molecule has 2 bridgehead atoms. The highest BCUT2D eigenvalue weighted by Crippen LogP contribution is 2.66. The molecule has 2 amide bonds. The Morgan fingerprint density at radius 1 is 1.24 bits per heavy atom. The van der Waals surface area contributed by atoms with E-state index in [4.69, 9.17) is 9.47 Å². The van der Waals surface area contributed by atoms with E-state index >= 15 is 0 Å². The maximum absolute atomic E-state index is 14.6. The second-order valence-corrected chi connectivity index (χ2v) is 11.9. The van der Waals surface area contributed by atoms with Crippen LogP contribution in [0.15, 0.2) is 25.3 Å². The Morgan fingerprint density at radius 2 is 1.92 bits per heavy atom. The summed E-state index contributed by atoms with van der Waals surface area (Å²) in [5, 5.41) is 10.4. The van der Waals surface area contributed by atoms with E-state index in [0.29, 0.717) is 13.0 Å². The van der Waals surface area contributed by atoms with Gasteiger partial charge in [-0.15, -0.1) is 6.58 Å². The van der Waals surface area contributed by atoms with E-state index in [1.807, 2.05) is 32.6 Å². The van der Waals surface area contributed by atoms with Gasteiger partial charge in [0.25, 0.3) is 0 Å². The summed E-state index contributed by atoms with van der Waals surface area (Å²) in [7, 11) is 0. The molecule has 206 valence electrons. The molecule has 0 radical (unpaired) electrons. The third-order valence-electron chi connectivity index (χ3n) is 9.52. The van der Waals surface area contributed by atoms with E-state index in [-0.39, 0.29) is 42.9 Å². The van der Waals surface area contributed by atoms with Crippen molar-refractivity contribution in [1.29, 1.82) is 0 Å². The van der Waals surface area contributed by atoms with Crippen LogP contribution >= 0.6 is 0 Å². The van der Waals surface area contributed by atoms with Crippen LogP contribution in [0, 0.1) is 23.7 Å². The number of hydrogen-bond donors (Lipinski definition) is 1. The van der Waals surface area contributed by atoms with Crippen LogP contribution in [0.25, 0.3) is 0 Å². The molecule has 4 fully saturated rings. The number of hydrogen-bond acceptors (Lipinski definition) is 6. The molecule has 0 aromatic rings. The van der Waals surface area contributed by atoms with Crippen molar-refractivity contribution in [3.63, 3.8) is 0 Å². The highest BCUT2D eigenvalue weighted by molar-refractivity contribution is 5.99. The van der Waals surface area contributed by atoms with Crippen LogP contribution in [-0.2, 0) is 23.9 Å². The minimum Gasteiger partial charge on any atom is -0.461 e. The van der Waals surface area contributed by atoms with Crippen LogP contribution in [0.1, 0.15) is 66.2 Å². The minimum atomic E-state index is -1.16. The van der Waals surface area contributed by atoms with Crippen LogP contribution < -0.4 is 0 Å². The Bertz CT molecular complexity index is 929. The number of rotatable bonds is 10. The highest BCUT2D eigenvalue weighted by atomic mass is 16.6. The van der Waals surface area contributed by atoms with Gasteiger partial charge >= 0.3 is 5.97 Å². The van der Waals surface area contributed by atoms with E-state index in [9.17, 15) is 19.5 Å². The molecule has 0 aromatic carbocycles. The minimum absolute atomic E-state index is 0.0415. The largest absolute Gasteiger partial charge is 0.461 e. The van der Waals surface area contributed by atoms with Gasteiger partial charge in [-0.3, -0.25) is 14.4 Å². The number of esters is 1. The first-order valence-electron chi connectivity index (χ1n) is 13.9. The normalized spacial score (nSPS) is 35.9. The van der Waals surface area contributed by atoms with Crippen LogP contribution in [-0.4, -0.2) is 81.8 Å². The number of carbonyl (C=O) groups is 3. The first kappa shape index (κ1) is 27.8. The lowest BCUT2D eigenvalue weighted by Crippen LogP contribution is -2.61. The number of aliphatic hydroxyl groups excluding tert-OH is 1. The Morgan fingerprint density at radius 3 is 2.49 bits per heavy atom. The van der Waals surface area contributed by atoms with Gasteiger partial charge < -0.3 is 24.4 Å². The predicted octanol–water partition coefficient (Wildman–Crippen LogP) is 3.09. The van der Waals surface area contributed by atoms with Gasteiger partial charge in [0.05, 0.1) is 24.2 Å². The zero-order chi connectivity index (χ0) is 27.1. The standard InChI is InChI=1S/C29H44N2O6/c1-7-14-30(20-12-10-9-11-13-20)26(34)24-29-16-19(5)28(6,37-29)23(27(35)36-15-8-2)22(29)25(33)31(24)21(17-32)18(3)4/h7-8,18-24,32H,1-2,9-17H2,3-6H3/t19?,21-,22-,23+,24?,28-,29?/m0/s1.